The van der Waals surface area contributed by atoms with Gasteiger partial charge in [-0.15, -0.1) is 10.2 Å². The molecule has 1 aliphatic carbocycles. The van der Waals surface area contributed by atoms with Gasteiger partial charge >= 0.3 is 0 Å². The quantitative estimate of drug-likeness (QED) is 0.525. The summed E-state index contributed by atoms with van der Waals surface area (Å²) >= 11 is 0. The molecule has 154 valence electrons. The molecule has 0 aliphatic heterocycles. The standard InChI is InChI=1S/C22H24N6O2/c1-28-18-11-15(22(29)23-12-19-24-26-27-25-19)7-8-17(18)20(14-5-3-2-4-6-14)21(28)16-9-10-30-13-16/h7-11,13-14H,2-6,12H2,1H3,(H,23,29)(H,24,25,26,27). The largest absolute Gasteiger partial charge is 0.472 e. The van der Waals surface area contributed by atoms with Crippen LogP contribution in [0, 0.1) is 0 Å². The predicted octanol–water partition coefficient (Wildman–Crippen LogP) is 3.93. The average Bonchev–Trinajstić information content (AvgIpc) is 3.54. The van der Waals surface area contributed by atoms with E-state index in [1.165, 1.54) is 48.7 Å². The van der Waals surface area contributed by atoms with E-state index in [4.69, 9.17) is 4.42 Å². The Hall–Kier alpha value is -3.42. The molecule has 0 spiro atoms. The van der Waals surface area contributed by atoms with E-state index < -0.39 is 0 Å². The van der Waals surface area contributed by atoms with Crippen molar-refractivity contribution in [2.45, 2.75) is 44.6 Å². The smallest absolute Gasteiger partial charge is 0.251 e. The van der Waals surface area contributed by atoms with Gasteiger partial charge in [0.05, 0.1) is 24.8 Å². The Bertz CT molecular complexity index is 1150. The number of benzene rings is 1. The van der Waals surface area contributed by atoms with Crippen LogP contribution in [0.15, 0.2) is 41.2 Å². The lowest BCUT2D eigenvalue weighted by molar-refractivity contribution is 0.0950. The number of fused-ring (bicyclic) bond motifs is 1. The van der Waals surface area contributed by atoms with Crippen LogP contribution in [0.2, 0.25) is 0 Å². The molecule has 3 aromatic heterocycles. The minimum atomic E-state index is -0.160. The number of hydrogen-bond donors (Lipinski definition) is 2. The highest BCUT2D eigenvalue weighted by Crippen LogP contribution is 2.43. The molecule has 8 nitrogen and oxygen atoms in total. The first kappa shape index (κ1) is 18.6. The zero-order valence-corrected chi connectivity index (χ0v) is 16.9. The lowest BCUT2D eigenvalue weighted by atomic mass is 9.82. The van der Waals surface area contributed by atoms with Crippen LogP contribution in [0.3, 0.4) is 0 Å². The fourth-order valence-corrected chi connectivity index (χ4v) is 4.68. The molecular weight excluding hydrogens is 380 g/mol. The average molecular weight is 404 g/mol. The fourth-order valence-electron chi connectivity index (χ4n) is 4.68. The molecule has 1 aromatic carbocycles. The molecule has 0 bridgehead atoms. The van der Waals surface area contributed by atoms with Crippen LogP contribution in [-0.4, -0.2) is 31.1 Å². The minimum Gasteiger partial charge on any atom is -0.472 e. The number of H-pyrrole nitrogens is 1. The first-order valence-electron chi connectivity index (χ1n) is 10.4. The number of furan rings is 1. The van der Waals surface area contributed by atoms with Crippen molar-refractivity contribution in [1.29, 1.82) is 0 Å². The lowest BCUT2D eigenvalue weighted by Crippen LogP contribution is -2.23. The molecular formula is C22H24N6O2. The molecule has 5 rings (SSSR count). The molecule has 3 heterocycles. The van der Waals surface area contributed by atoms with E-state index in [2.05, 4.69) is 43.6 Å². The van der Waals surface area contributed by atoms with E-state index in [1.54, 1.807) is 12.5 Å². The van der Waals surface area contributed by atoms with Gasteiger partial charge in [0.25, 0.3) is 5.91 Å². The summed E-state index contributed by atoms with van der Waals surface area (Å²) in [6, 6.07) is 7.97. The Morgan fingerprint density at radius 3 is 2.87 bits per heavy atom. The Morgan fingerprint density at radius 2 is 2.13 bits per heavy atom. The molecule has 0 saturated heterocycles. The van der Waals surface area contributed by atoms with Crippen molar-refractivity contribution < 1.29 is 9.21 Å². The molecule has 1 aliphatic rings. The van der Waals surface area contributed by atoms with Crippen LogP contribution >= 0.6 is 0 Å². The first-order valence-corrected chi connectivity index (χ1v) is 10.4. The lowest BCUT2D eigenvalue weighted by Gasteiger charge is -2.23. The summed E-state index contributed by atoms with van der Waals surface area (Å²) in [7, 11) is 2.07. The van der Waals surface area contributed by atoms with Gasteiger partial charge < -0.3 is 14.3 Å². The Kier molecular flexibility index (Phi) is 4.82. The van der Waals surface area contributed by atoms with Crippen molar-refractivity contribution in [2.24, 2.45) is 7.05 Å². The SMILES string of the molecule is Cn1c(-c2ccoc2)c(C2CCCCC2)c2ccc(C(=O)NCc3nn[nH]n3)cc21. The summed E-state index contributed by atoms with van der Waals surface area (Å²) < 4.78 is 7.59. The second-order valence-corrected chi connectivity index (χ2v) is 7.91. The third kappa shape index (κ3) is 3.28. The van der Waals surface area contributed by atoms with Gasteiger partial charge in [0.2, 0.25) is 0 Å². The Balaban J connectivity index is 1.55. The molecule has 1 amide bonds. The molecule has 4 aromatic rings. The number of aryl methyl sites for hydroxylation is 1. The number of hydrogen-bond acceptors (Lipinski definition) is 5. The zero-order chi connectivity index (χ0) is 20.5. The number of amides is 1. The van der Waals surface area contributed by atoms with Gasteiger partial charge in [0.15, 0.2) is 5.82 Å². The number of rotatable bonds is 5. The summed E-state index contributed by atoms with van der Waals surface area (Å²) in [6.45, 7) is 0.230. The topological polar surface area (TPSA) is 102 Å². The van der Waals surface area contributed by atoms with Crippen molar-refractivity contribution in [1.82, 2.24) is 30.5 Å². The highest BCUT2D eigenvalue weighted by Gasteiger charge is 2.26. The van der Waals surface area contributed by atoms with Crippen molar-refractivity contribution in [3.8, 4) is 11.3 Å². The number of aromatic nitrogens is 5. The van der Waals surface area contributed by atoms with Crippen molar-refractivity contribution >= 4 is 16.8 Å². The number of tetrazole rings is 1. The zero-order valence-electron chi connectivity index (χ0n) is 16.9. The van der Waals surface area contributed by atoms with Gasteiger partial charge in [-0.3, -0.25) is 4.79 Å². The van der Waals surface area contributed by atoms with Crippen LogP contribution in [-0.2, 0) is 13.6 Å². The number of nitrogens with one attached hydrogen (secondary N) is 2. The van der Waals surface area contributed by atoms with E-state index >= 15 is 0 Å². The van der Waals surface area contributed by atoms with Crippen molar-refractivity contribution in [3.05, 3.63) is 53.7 Å². The molecule has 1 saturated carbocycles. The summed E-state index contributed by atoms with van der Waals surface area (Å²) in [5.74, 6) is 0.822. The van der Waals surface area contributed by atoms with Gasteiger partial charge in [-0.05, 0) is 42.5 Å². The van der Waals surface area contributed by atoms with Gasteiger partial charge in [-0.1, -0.05) is 30.5 Å². The van der Waals surface area contributed by atoms with E-state index in [1.807, 2.05) is 18.2 Å². The second kappa shape index (κ2) is 7.78. The van der Waals surface area contributed by atoms with Gasteiger partial charge in [0, 0.05) is 29.1 Å². The van der Waals surface area contributed by atoms with Crippen LogP contribution in [0.1, 0.15) is 59.8 Å². The van der Waals surface area contributed by atoms with Crippen molar-refractivity contribution in [2.75, 3.05) is 0 Å². The van der Waals surface area contributed by atoms with Crippen molar-refractivity contribution in [3.63, 3.8) is 0 Å². The minimum absolute atomic E-state index is 0.160. The first-order chi connectivity index (χ1) is 14.7. The van der Waals surface area contributed by atoms with E-state index in [0.29, 0.717) is 17.3 Å². The van der Waals surface area contributed by atoms with Crippen LogP contribution in [0.4, 0.5) is 0 Å². The normalized spacial score (nSPS) is 15.0. The van der Waals surface area contributed by atoms with Gasteiger partial charge in [-0.2, -0.15) is 5.21 Å². The maximum Gasteiger partial charge on any atom is 0.251 e. The van der Waals surface area contributed by atoms with Gasteiger partial charge in [-0.25, -0.2) is 0 Å². The van der Waals surface area contributed by atoms with Crippen LogP contribution in [0.25, 0.3) is 22.2 Å². The maximum atomic E-state index is 12.7. The Morgan fingerprint density at radius 1 is 1.27 bits per heavy atom. The Labute approximate surface area is 173 Å². The van der Waals surface area contributed by atoms with Crippen LogP contribution in [0.5, 0.6) is 0 Å². The highest BCUT2D eigenvalue weighted by molar-refractivity contribution is 6.00. The third-order valence-corrected chi connectivity index (χ3v) is 6.11. The molecule has 1 fully saturated rings. The maximum absolute atomic E-state index is 12.7. The molecule has 0 radical (unpaired) electrons. The number of carbonyl (C=O) groups is 1. The predicted molar refractivity (Wildman–Crippen MR) is 112 cm³/mol. The number of nitrogens with zero attached hydrogens (tertiary/aromatic N) is 4. The monoisotopic (exact) mass is 404 g/mol. The summed E-state index contributed by atoms with van der Waals surface area (Å²) in [5, 5.41) is 17.7. The highest BCUT2D eigenvalue weighted by atomic mass is 16.3. The van der Waals surface area contributed by atoms with Crippen LogP contribution < -0.4 is 5.32 Å². The summed E-state index contributed by atoms with van der Waals surface area (Å²) in [5.41, 5.74) is 5.32. The third-order valence-electron chi connectivity index (χ3n) is 6.11. The molecule has 2 N–H and O–H groups in total. The fraction of sp³-hybridized carbons (Fsp3) is 0.364. The second-order valence-electron chi connectivity index (χ2n) is 7.91. The summed E-state index contributed by atoms with van der Waals surface area (Å²) in [6.07, 6.45) is 9.78. The van der Waals surface area contributed by atoms with E-state index in [0.717, 1.165) is 11.1 Å². The number of aromatic amines is 1. The van der Waals surface area contributed by atoms with Gasteiger partial charge in [0.1, 0.15) is 0 Å². The summed E-state index contributed by atoms with van der Waals surface area (Å²) in [4.78, 5) is 12.7. The molecule has 0 unspecified atom stereocenters. The molecule has 8 heteroatoms. The van der Waals surface area contributed by atoms with E-state index in [-0.39, 0.29) is 12.5 Å². The number of carbonyl (C=O) groups excluding carboxylic acids is 1. The van der Waals surface area contributed by atoms with E-state index in [9.17, 15) is 4.79 Å². The molecule has 0 atom stereocenters. The molecule has 30 heavy (non-hydrogen) atoms.